The van der Waals surface area contributed by atoms with Gasteiger partial charge in [0.2, 0.25) is 0 Å². The maximum absolute atomic E-state index is 8.44. The lowest BCUT2D eigenvalue weighted by atomic mass is 10.2. The second kappa shape index (κ2) is 6.62. The molecule has 0 fully saturated rings. The van der Waals surface area contributed by atoms with Crippen molar-refractivity contribution in [1.82, 2.24) is 4.90 Å². The summed E-state index contributed by atoms with van der Waals surface area (Å²) in [6, 6.07) is 0. The molecule has 0 aliphatic heterocycles. The van der Waals surface area contributed by atoms with E-state index in [2.05, 4.69) is 6.08 Å². The van der Waals surface area contributed by atoms with E-state index in [1.54, 1.807) is 0 Å². The topological polar surface area (TPSA) is 23.5 Å². The molecule has 2 nitrogen and oxygen atoms in total. The molecule has 0 aliphatic carbocycles. The smallest absolute Gasteiger partial charge is 0.0431 e. The van der Waals surface area contributed by atoms with Gasteiger partial charge < -0.3 is 10.0 Å². The molecule has 10 heavy (non-hydrogen) atoms. The molecular formula is C8H17NO. The average Bonchev–Trinajstić information content (AvgIpc) is 1.87. The number of hydrogen-bond donors (Lipinski definition) is 1. The minimum atomic E-state index is 0.315. The largest absolute Gasteiger partial charge is 0.396 e. The summed E-state index contributed by atoms with van der Waals surface area (Å²) in [6.45, 7) is 0.315. The fraction of sp³-hybridized carbons (Fsp3) is 0.750. The Morgan fingerprint density at radius 3 is 2.50 bits per heavy atom. The summed E-state index contributed by atoms with van der Waals surface area (Å²) in [5, 5.41) is 8.44. The van der Waals surface area contributed by atoms with Gasteiger partial charge in [-0.05, 0) is 25.5 Å². The lowest BCUT2D eigenvalue weighted by Crippen LogP contribution is -1.99. The van der Waals surface area contributed by atoms with Crippen LogP contribution in [0.2, 0.25) is 0 Å². The molecule has 0 saturated carbocycles. The highest BCUT2D eigenvalue weighted by Gasteiger charge is 1.81. The SMILES string of the molecule is CN(C)/C=C\CCCCO. The van der Waals surface area contributed by atoms with Crippen molar-refractivity contribution in [3.63, 3.8) is 0 Å². The van der Waals surface area contributed by atoms with E-state index in [1.807, 2.05) is 25.2 Å². The highest BCUT2D eigenvalue weighted by atomic mass is 16.2. The summed E-state index contributed by atoms with van der Waals surface area (Å²) >= 11 is 0. The summed E-state index contributed by atoms with van der Waals surface area (Å²) in [4.78, 5) is 2.01. The van der Waals surface area contributed by atoms with Crippen molar-refractivity contribution in [3.8, 4) is 0 Å². The number of hydrogen-bond acceptors (Lipinski definition) is 2. The molecule has 0 spiro atoms. The van der Waals surface area contributed by atoms with Crippen molar-refractivity contribution >= 4 is 0 Å². The molecule has 0 aromatic carbocycles. The third-order valence-electron chi connectivity index (χ3n) is 1.18. The maximum Gasteiger partial charge on any atom is 0.0431 e. The monoisotopic (exact) mass is 143 g/mol. The van der Waals surface area contributed by atoms with Crippen LogP contribution in [0, 0.1) is 0 Å². The molecule has 0 amide bonds. The molecule has 0 unspecified atom stereocenters. The number of allylic oxidation sites excluding steroid dienone is 1. The first-order valence-electron chi connectivity index (χ1n) is 3.71. The molecule has 0 radical (unpaired) electrons. The van der Waals surface area contributed by atoms with Gasteiger partial charge in [-0.25, -0.2) is 0 Å². The van der Waals surface area contributed by atoms with Gasteiger partial charge in [0.05, 0.1) is 0 Å². The second-order valence-corrected chi connectivity index (χ2v) is 2.57. The molecule has 0 rings (SSSR count). The molecule has 0 atom stereocenters. The summed E-state index contributed by atoms with van der Waals surface area (Å²) in [5.41, 5.74) is 0. The van der Waals surface area contributed by atoms with E-state index in [0.29, 0.717) is 6.61 Å². The summed E-state index contributed by atoms with van der Waals surface area (Å²) < 4.78 is 0. The Morgan fingerprint density at radius 2 is 2.00 bits per heavy atom. The Bertz CT molecular complexity index is 89.3. The summed E-state index contributed by atoms with van der Waals surface area (Å²) in [6.07, 6.45) is 7.23. The Morgan fingerprint density at radius 1 is 1.30 bits per heavy atom. The van der Waals surface area contributed by atoms with Gasteiger partial charge in [0.1, 0.15) is 0 Å². The highest BCUT2D eigenvalue weighted by molar-refractivity contribution is 4.78. The molecule has 0 saturated heterocycles. The Labute approximate surface area is 63.2 Å². The van der Waals surface area contributed by atoms with E-state index in [9.17, 15) is 0 Å². The zero-order valence-electron chi connectivity index (χ0n) is 6.88. The van der Waals surface area contributed by atoms with Crippen molar-refractivity contribution in [2.75, 3.05) is 20.7 Å². The van der Waals surface area contributed by atoms with Gasteiger partial charge in [-0.1, -0.05) is 6.08 Å². The van der Waals surface area contributed by atoms with Crippen LogP contribution in [0.1, 0.15) is 19.3 Å². The molecular weight excluding hydrogens is 126 g/mol. The fourth-order valence-electron chi connectivity index (χ4n) is 0.659. The second-order valence-electron chi connectivity index (χ2n) is 2.57. The molecule has 0 bridgehead atoms. The predicted molar refractivity (Wildman–Crippen MR) is 43.8 cm³/mol. The standard InChI is InChI=1S/C8H17NO/c1-9(2)7-5-3-4-6-8-10/h5,7,10H,3-4,6,8H2,1-2H3/b7-5-. The molecule has 0 aromatic rings. The molecule has 1 N–H and O–H groups in total. The van der Waals surface area contributed by atoms with E-state index in [1.165, 1.54) is 0 Å². The van der Waals surface area contributed by atoms with Gasteiger partial charge in [0.15, 0.2) is 0 Å². The van der Waals surface area contributed by atoms with Crippen LogP contribution in [0.3, 0.4) is 0 Å². The molecule has 60 valence electrons. The van der Waals surface area contributed by atoms with Crippen LogP contribution in [-0.4, -0.2) is 30.7 Å². The van der Waals surface area contributed by atoms with E-state index in [4.69, 9.17) is 5.11 Å². The predicted octanol–water partition coefficient (Wildman–Crippen LogP) is 1.22. The summed E-state index contributed by atoms with van der Waals surface area (Å²) in [7, 11) is 4.01. The Kier molecular flexibility index (Phi) is 6.29. The Balaban J connectivity index is 3.02. The first-order chi connectivity index (χ1) is 4.77. The van der Waals surface area contributed by atoms with Crippen LogP contribution in [-0.2, 0) is 0 Å². The van der Waals surface area contributed by atoms with Crippen LogP contribution in [0.4, 0.5) is 0 Å². The third kappa shape index (κ3) is 7.50. The van der Waals surface area contributed by atoms with Crippen molar-refractivity contribution in [2.24, 2.45) is 0 Å². The zero-order chi connectivity index (χ0) is 7.82. The Hall–Kier alpha value is -0.500. The number of aliphatic hydroxyl groups is 1. The quantitative estimate of drug-likeness (QED) is 0.585. The number of aliphatic hydroxyl groups excluding tert-OH is 1. The van der Waals surface area contributed by atoms with Gasteiger partial charge >= 0.3 is 0 Å². The zero-order valence-corrected chi connectivity index (χ0v) is 6.88. The van der Waals surface area contributed by atoms with E-state index < -0.39 is 0 Å². The van der Waals surface area contributed by atoms with Crippen molar-refractivity contribution < 1.29 is 5.11 Å². The van der Waals surface area contributed by atoms with Gasteiger partial charge in [-0.15, -0.1) is 0 Å². The van der Waals surface area contributed by atoms with Gasteiger partial charge in [0.25, 0.3) is 0 Å². The summed E-state index contributed by atoms with van der Waals surface area (Å²) in [5.74, 6) is 0. The maximum atomic E-state index is 8.44. The first kappa shape index (κ1) is 9.50. The number of rotatable bonds is 5. The van der Waals surface area contributed by atoms with Crippen molar-refractivity contribution in [1.29, 1.82) is 0 Å². The third-order valence-corrected chi connectivity index (χ3v) is 1.18. The molecule has 0 heterocycles. The number of nitrogens with zero attached hydrogens (tertiary/aromatic N) is 1. The van der Waals surface area contributed by atoms with Gasteiger partial charge in [-0.2, -0.15) is 0 Å². The normalized spacial score (nSPS) is 10.7. The van der Waals surface area contributed by atoms with E-state index in [0.717, 1.165) is 19.3 Å². The fourth-order valence-corrected chi connectivity index (χ4v) is 0.659. The first-order valence-corrected chi connectivity index (χ1v) is 3.71. The lowest BCUT2D eigenvalue weighted by Gasteiger charge is -2.02. The minimum absolute atomic E-state index is 0.315. The van der Waals surface area contributed by atoms with Crippen molar-refractivity contribution in [3.05, 3.63) is 12.3 Å². The van der Waals surface area contributed by atoms with E-state index >= 15 is 0 Å². The van der Waals surface area contributed by atoms with Crippen LogP contribution < -0.4 is 0 Å². The minimum Gasteiger partial charge on any atom is -0.396 e. The lowest BCUT2D eigenvalue weighted by molar-refractivity contribution is 0.285. The molecule has 2 heteroatoms. The highest BCUT2D eigenvalue weighted by Crippen LogP contribution is 1.95. The van der Waals surface area contributed by atoms with Crippen LogP contribution >= 0.6 is 0 Å². The average molecular weight is 143 g/mol. The van der Waals surface area contributed by atoms with Crippen LogP contribution in [0.5, 0.6) is 0 Å². The van der Waals surface area contributed by atoms with Gasteiger partial charge in [-0.3, -0.25) is 0 Å². The van der Waals surface area contributed by atoms with Crippen molar-refractivity contribution in [2.45, 2.75) is 19.3 Å². The van der Waals surface area contributed by atoms with Gasteiger partial charge in [0, 0.05) is 20.7 Å². The molecule has 0 aromatic heterocycles. The molecule has 0 aliphatic rings. The van der Waals surface area contributed by atoms with E-state index in [-0.39, 0.29) is 0 Å². The van der Waals surface area contributed by atoms with Crippen LogP contribution in [0.15, 0.2) is 12.3 Å². The van der Waals surface area contributed by atoms with Crippen LogP contribution in [0.25, 0.3) is 0 Å². The number of unbranched alkanes of at least 4 members (excludes halogenated alkanes) is 2.